The Hall–Kier alpha value is -2.69. The molecule has 0 unspecified atom stereocenters. The number of benzene rings is 3. The monoisotopic (exact) mass is 668 g/mol. The minimum Gasteiger partial charge on any atom is -0.490 e. The lowest BCUT2D eigenvalue weighted by Gasteiger charge is -2.15. The van der Waals surface area contributed by atoms with Crippen molar-refractivity contribution in [3.05, 3.63) is 90.2 Å². The zero-order valence-electron chi connectivity index (χ0n) is 20.3. The van der Waals surface area contributed by atoms with Crippen molar-refractivity contribution in [1.82, 2.24) is 4.90 Å². The van der Waals surface area contributed by atoms with Crippen LogP contribution in [0.3, 0.4) is 0 Å². The fourth-order valence-corrected chi connectivity index (χ4v) is 5.49. The zero-order chi connectivity index (χ0) is 28.1. The van der Waals surface area contributed by atoms with Gasteiger partial charge in [0.25, 0.3) is 17.1 Å². The van der Waals surface area contributed by atoms with Crippen LogP contribution in [0, 0.1) is 0 Å². The summed E-state index contributed by atoms with van der Waals surface area (Å²) in [5.74, 6) is -0.159. The zero-order valence-corrected chi connectivity index (χ0v) is 25.0. The lowest BCUT2D eigenvalue weighted by molar-refractivity contribution is -0.123. The number of halogens is 4. The molecule has 0 atom stereocenters. The fraction of sp³-hybridized carbons (Fsp3) is 0.148. The van der Waals surface area contributed by atoms with Gasteiger partial charge in [0.1, 0.15) is 0 Å². The van der Waals surface area contributed by atoms with Crippen molar-refractivity contribution in [2.24, 2.45) is 0 Å². The molecule has 0 bridgehead atoms. The molecule has 0 saturated carbocycles. The van der Waals surface area contributed by atoms with E-state index in [9.17, 15) is 14.4 Å². The van der Waals surface area contributed by atoms with Gasteiger partial charge in [-0.1, -0.05) is 53.0 Å². The third-order valence-corrected chi connectivity index (χ3v) is 7.89. The quantitative estimate of drug-likeness (QED) is 0.232. The number of hydrogen-bond donors (Lipinski definition) is 1. The molecule has 1 saturated heterocycles. The molecule has 4 rings (SSSR count). The van der Waals surface area contributed by atoms with E-state index in [0.29, 0.717) is 54.5 Å². The van der Waals surface area contributed by atoms with Crippen LogP contribution >= 0.6 is 62.5 Å². The summed E-state index contributed by atoms with van der Waals surface area (Å²) in [6.45, 7) is 1.91. The average molecular weight is 671 g/mol. The first kappa shape index (κ1) is 29.3. The van der Waals surface area contributed by atoms with E-state index in [2.05, 4.69) is 21.2 Å². The maximum atomic E-state index is 13.0. The van der Waals surface area contributed by atoms with E-state index >= 15 is 0 Å². The van der Waals surface area contributed by atoms with Crippen molar-refractivity contribution >= 4 is 91.3 Å². The second-order valence-electron chi connectivity index (χ2n) is 8.10. The summed E-state index contributed by atoms with van der Waals surface area (Å²) in [5, 5.41) is 3.44. The molecule has 202 valence electrons. The number of rotatable bonds is 9. The molecule has 7 nitrogen and oxygen atoms in total. The summed E-state index contributed by atoms with van der Waals surface area (Å²) in [5.41, 5.74) is 1.74. The van der Waals surface area contributed by atoms with Gasteiger partial charge >= 0.3 is 0 Å². The Morgan fingerprint density at radius 3 is 2.51 bits per heavy atom. The Balaban J connectivity index is 1.50. The van der Waals surface area contributed by atoms with E-state index < -0.39 is 17.1 Å². The number of ether oxygens (including phenoxy) is 2. The van der Waals surface area contributed by atoms with Gasteiger partial charge in [-0.3, -0.25) is 19.3 Å². The molecule has 0 aliphatic carbocycles. The maximum absolute atomic E-state index is 13.0. The molecule has 0 radical (unpaired) electrons. The summed E-state index contributed by atoms with van der Waals surface area (Å²) in [4.78, 5) is 39.4. The number of nitrogens with zero attached hydrogens (tertiary/aromatic N) is 1. The molecule has 1 fully saturated rings. The van der Waals surface area contributed by atoms with Gasteiger partial charge < -0.3 is 14.8 Å². The highest BCUT2D eigenvalue weighted by atomic mass is 79.9. The van der Waals surface area contributed by atoms with Crippen molar-refractivity contribution in [2.45, 2.75) is 13.5 Å². The van der Waals surface area contributed by atoms with Gasteiger partial charge in [0, 0.05) is 0 Å². The number of hydrogen-bond acceptors (Lipinski definition) is 6. The van der Waals surface area contributed by atoms with Crippen LogP contribution in [0.15, 0.2) is 64.0 Å². The molecule has 3 aromatic rings. The topological polar surface area (TPSA) is 84.9 Å². The second-order valence-corrected chi connectivity index (χ2v) is 11.2. The molecule has 1 aliphatic heterocycles. The third-order valence-electron chi connectivity index (χ3n) is 5.32. The molecule has 3 amide bonds. The molecular weight excluding hydrogens is 651 g/mol. The molecule has 0 aromatic heterocycles. The normalized spacial score (nSPS) is 14.2. The van der Waals surface area contributed by atoms with Crippen LogP contribution in [0.2, 0.25) is 15.1 Å². The first-order chi connectivity index (χ1) is 18.7. The maximum Gasteiger partial charge on any atom is 0.293 e. The average Bonchev–Trinajstić information content (AvgIpc) is 3.14. The van der Waals surface area contributed by atoms with Gasteiger partial charge in [-0.2, -0.15) is 0 Å². The number of amides is 3. The van der Waals surface area contributed by atoms with E-state index in [4.69, 9.17) is 44.3 Å². The first-order valence-electron chi connectivity index (χ1n) is 11.5. The molecule has 1 heterocycles. The van der Waals surface area contributed by atoms with E-state index in [0.717, 1.165) is 16.7 Å². The number of carbonyl (C=O) groups is 3. The standard InChI is InChI=1S/C27H20BrCl3N2O5S/c1-2-37-22-11-16(9-17(28)25(22)38-14-24(34)32-21-6-4-3-5-19(21)30)12-23-26(35)33(27(36)39-23)13-15-7-8-18(29)20(31)10-15/h3-12H,2,13-14H2,1H3,(H,32,34)/b23-12-. The number of para-hydroxylation sites is 1. The van der Waals surface area contributed by atoms with Crippen molar-refractivity contribution < 1.29 is 23.9 Å². The number of anilines is 1. The van der Waals surface area contributed by atoms with E-state index in [1.165, 1.54) is 0 Å². The van der Waals surface area contributed by atoms with Gasteiger partial charge in [0.05, 0.1) is 43.3 Å². The molecule has 1 aliphatic rings. The smallest absolute Gasteiger partial charge is 0.293 e. The number of thioether (sulfide) groups is 1. The molecule has 39 heavy (non-hydrogen) atoms. The second kappa shape index (κ2) is 13.1. The van der Waals surface area contributed by atoms with Crippen molar-refractivity contribution in [1.29, 1.82) is 0 Å². The lowest BCUT2D eigenvalue weighted by atomic mass is 10.1. The predicted molar refractivity (Wildman–Crippen MR) is 159 cm³/mol. The van der Waals surface area contributed by atoms with E-state index in [1.54, 1.807) is 60.7 Å². The fourth-order valence-electron chi connectivity index (χ4n) is 3.57. The van der Waals surface area contributed by atoms with Crippen molar-refractivity contribution in [3.8, 4) is 11.5 Å². The Bertz CT molecular complexity index is 1480. The molecule has 0 spiro atoms. The Kier molecular flexibility index (Phi) is 9.85. The highest BCUT2D eigenvalue weighted by Crippen LogP contribution is 2.40. The minimum absolute atomic E-state index is 0.0653. The summed E-state index contributed by atoms with van der Waals surface area (Å²) in [6.07, 6.45) is 1.60. The van der Waals surface area contributed by atoms with Crippen LogP contribution in [0.25, 0.3) is 6.08 Å². The van der Waals surface area contributed by atoms with Crippen LogP contribution < -0.4 is 14.8 Å². The van der Waals surface area contributed by atoms with E-state index in [-0.39, 0.29) is 18.1 Å². The molecule has 3 aromatic carbocycles. The van der Waals surface area contributed by atoms with Gasteiger partial charge in [0.15, 0.2) is 18.1 Å². The Labute approximate surface area is 252 Å². The summed E-state index contributed by atoms with van der Waals surface area (Å²) in [7, 11) is 0. The van der Waals surface area contributed by atoms with Crippen molar-refractivity contribution in [3.63, 3.8) is 0 Å². The van der Waals surface area contributed by atoms with Crippen LogP contribution in [-0.2, 0) is 16.1 Å². The van der Waals surface area contributed by atoms with Crippen LogP contribution in [0.5, 0.6) is 11.5 Å². The predicted octanol–water partition coefficient (Wildman–Crippen LogP) is 8.06. The third kappa shape index (κ3) is 7.29. The van der Waals surface area contributed by atoms with Gasteiger partial charge in [-0.25, -0.2) is 0 Å². The van der Waals surface area contributed by atoms with Gasteiger partial charge in [0.2, 0.25) is 0 Å². The summed E-state index contributed by atoms with van der Waals surface area (Å²) in [6, 6.07) is 15.2. The van der Waals surface area contributed by atoms with Gasteiger partial charge in [-0.05, 0) is 88.2 Å². The molecule has 12 heteroatoms. The number of imide groups is 1. The highest BCUT2D eigenvalue weighted by molar-refractivity contribution is 9.10. The van der Waals surface area contributed by atoms with Crippen LogP contribution in [0.4, 0.5) is 10.5 Å². The molecule has 1 N–H and O–H groups in total. The first-order valence-corrected chi connectivity index (χ1v) is 14.2. The largest absolute Gasteiger partial charge is 0.490 e. The Morgan fingerprint density at radius 2 is 1.79 bits per heavy atom. The lowest BCUT2D eigenvalue weighted by Crippen LogP contribution is -2.27. The SMILES string of the molecule is CCOc1cc(/C=C2\SC(=O)N(Cc3ccc(Cl)c(Cl)c3)C2=O)cc(Br)c1OCC(=O)Nc1ccccc1Cl. The van der Waals surface area contributed by atoms with Crippen LogP contribution in [-0.4, -0.2) is 35.2 Å². The summed E-state index contributed by atoms with van der Waals surface area (Å²) < 4.78 is 12.0. The number of carbonyl (C=O) groups excluding carboxylic acids is 3. The highest BCUT2D eigenvalue weighted by Gasteiger charge is 2.35. The molecular formula is C27H20BrCl3N2O5S. The Morgan fingerprint density at radius 1 is 1.03 bits per heavy atom. The van der Waals surface area contributed by atoms with Crippen molar-refractivity contribution in [2.75, 3.05) is 18.5 Å². The van der Waals surface area contributed by atoms with Crippen LogP contribution in [0.1, 0.15) is 18.1 Å². The minimum atomic E-state index is -0.429. The number of nitrogens with one attached hydrogen (secondary N) is 1. The van der Waals surface area contributed by atoms with E-state index in [1.807, 2.05) is 6.92 Å². The van der Waals surface area contributed by atoms with Gasteiger partial charge in [-0.15, -0.1) is 0 Å². The summed E-state index contributed by atoms with van der Waals surface area (Å²) >= 11 is 22.4.